The number of aromatic hydroxyl groups is 1. The van der Waals surface area contributed by atoms with Crippen molar-refractivity contribution in [2.75, 3.05) is 26.7 Å². The van der Waals surface area contributed by atoms with Crippen LogP contribution in [0.3, 0.4) is 0 Å². The molecule has 2 unspecified atom stereocenters. The van der Waals surface area contributed by atoms with Crippen molar-refractivity contribution in [2.45, 2.75) is 25.3 Å². The summed E-state index contributed by atoms with van der Waals surface area (Å²) in [5, 5.41) is 9.95. The van der Waals surface area contributed by atoms with Crippen LogP contribution >= 0.6 is 22.6 Å². The molecule has 3 rings (SSSR count). The average Bonchev–Trinajstić information content (AvgIpc) is 2.49. The molecule has 2 saturated heterocycles. The Morgan fingerprint density at radius 2 is 2.14 bits per heavy atom. The van der Waals surface area contributed by atoms with Gasteiger partial charge in [0.25, 0.3) is 5.91 Å². The molecule has 2 aliphatic rings. The van der Waals surface area contributed by atoms with E-state index in [0.29, 0.717) is 17.5 Å². The van der Waals surface area contributed by atoms with Crippen LogP contribution in [0.1, 0.15) is 29.6 Å². The number of piperidine rings is 2. The van der Waals surface area contributed by atoms with Gasteiger partial charge < -0.3 is 14.9 Å². The monoisotopic (exact) mass is 400 g/mol. The number of phenolic OH excluding ortho intramolecular Hbond substituents is 1. The summed E-state index contributed by atoms with van der Waals surface area (Å²) in [7, 11) is 2.19. The predicted octanol–water partition coefficient (Wildman–Crippen LogP) is 2.55. The fraction of sp³-hybridized carbons (Fsp3) is 0.562. The van der Waals surface area contributed by atoms with Crippen molar-refractivity contribution >= 4 is 28.5 Å². The summed E-state index contributed by atoms with van der Waals surface area (Å²) in [6.45, 7) is 2.78. The molecular weight excluding hydrogens is 379 g/mol. The van der Waals surface area contributed by atoms with E-state index < -0.39 is 0 Å². The van der Waals surface area contributed by atoms with Crippen LogP contribution in [0.15, 0.2) is 18.2 Å². The number of benzene rings is 1. The first-order valence-electron chi connectivity index (χ1n) is 7.54. The van der Waals surface area contributed by atoms with Gasteiger partial charge in [0, 0.05) is 22.7 Å². The summed E-state index contributed by atoms with van der Waals surface area (Å²) in [6, 6.07) is 5.81. The molecular formula is C16H21IN2O2. The maximum Gasteiger partial charge on any atom is 0.257 e. The molecule has 21 heavy (non-hydrogen) atoms. The topological polar surface area (TPSA) is 43.8 Å². The normalized spacial score (nSPS) is 26.5. The van der Waals surface area contributed by atoms with Crippen molar-refractivity contribution in [3.8, 4) is 5.75 Å². The van der Waals surface area contributed by atoms with Gasteiger partial charge in [-0.25, -0.2) is 0 Å². The Morgan fingerprint density at radius 3 is 2.95 bits per heavy atom. The van der Waals surface area contributed by atoms with Gasteiger partial charge in [-0.3, -0.25) is 4.79 Å². The molecule has 114 valence electrons. The second-order valence-electron chi connectivity index (χ2n) is 6.15. The molecule has 0 radical (unpaired) electrons. The number of likely N-dealkylation sites (tertiary alicyclic amines) is 2. The van der Waals surface area contributed by atoms with E-state index in [9.17, 15) is 9.90 Å². The summed E-state index contributed by atoms with van der Waals surface area (Å²) in [5.41, 5.74) is 0.435. The molecule has 0 saturated carbocycles. The molecule has 2 fully saturated rings. The van der Waals surface area contributed by atoms with Gasteiger partial charge in [0.2, 0.25) is 0 Å². The number of carbonyl (C=O) groups is 1. The van der Waals surface area contributed by atoms with Crippen molar-refractivity contribution in [1.29, 1.82) is 0 Å². The molecule has 1 aromatic rings. The van der Waals surface area contributed by atoms with Gasteiger partial charge in [-0.05, 0) is 79.6 Å². The molecule has 1 aromatic carbocycles. The third-order valence-corrected chi connectivity index (χ3v) is 5.49. The number of rotatable bonds is 1. The molecule has 0 aromatic heterocycles. The van der Waals surface area contributed by atoms with Gasteiger partial charge in [0.05, 0.1) is 5.56 Å². The molecule has 4 nitrogen and oxygen atoms in total. The number of hydrogen-bond donors (Lipinski definition) is 1. The Hall–Kier alpha value is -0.820. The zero-order valence-electron chi connectivity index (χ0n) is 12.3. The summed E-state index contributed by atoms with van der Waals surface area (Å²) in [5.74, 6) is 0.632. The van der Waals surface area contributed by atoms with E-state index in [1.165, 1.54) is 19.4 Å². The van der Waals surface area contributed by atoms with Crippen LogP contribution in [0.25, 0.3) is 0 Å². The van der Waals surface area contributed by atoms with Gasteiger partial charge in [-0.1, -0.05) is 0 Å². The predicted molar refractivity (Wildman–Crippen MR) is 90.5 cm³/mol. The minimum atomic E-state index is -0.0299. The highest BCUT2D eigenvalue weighted by Crippen LogP contribution is 2.31. The Kier molecular flexibility index (Phi) is 4.40. The van der Waals surface area contributed by atoms with Crippen molar-refractivity contribution < 1.29 is 9.90 Å². The summed E-state index contributed by atoms with van der Waals surface area (Å²) < 4.78 is 0.973. The Morgan fingerprint density at radius 1 is 1.33 bits per heavy atom. The lowest BCUT2D eigenvalue weighted by atomic mass is 9.84. The molecule has 1 amide bonds. The lowest BCUT2D eigenvalue weighted by Crippen LogP contribution is -2.53. The van der Waals surface area contributed by atoms with Gasteiger partial charge in [0.1, 0.15) is 5.75 Å². The number of halogens is 1. The second-order valence-corrected chi connectivity index (χ2v) is 7.40. The van der Waals surface area contributed by atoms with Crippen molar-refractivity contribution in [3.05, 3.63) is 27.3 Å². The summed E-state index contributed by atoms with van der Waals surface area (Å²) >= 11 is 2.17. The molecule has 0 bridgehead atoms. The zero-order valence-corrected chi connectivity index (χ0v) is 14.4. The smallest absolute Gasteiger partial charge is 0.257 e. The van der Waals surface area contributed by atoms with E-state index in [2.05, 4.69) is 34.5 Å². The number of phenols is 1. The maximum atomic E-state index is 12.7. The molecule has 2 atom stereocenters. The molecule has 2 aliphatic heterocycles. The first kappa shape index (κ1) is 15.1. The van der Waals surface area contributed by atoms with E-state index in [1.54, 1.807) is 12.1 Å². The SMILES string of the molecule is CN1CCCC2CN(C(=O)c3cc(I)ccc3O)CCC21. The average molecular weight is 400 g/mol. The fourth-order valence-corrected chi connectivity index (χ4v) is 4.18. The maximum absolute atomic E-state index is 12.7. The molecule has 0 aliphatic carbocycles. The van der Waals surface area contributed by atoms with E-state index >= 15 is 0 Å². The van der Waals surface area contributed by atoms with Crippen LogP contribution in [0.2, 0.25) is 0 Å². The molecule has 5 heteroatoms. The first-order valence-corrected chi connectivity index (χ1v) is 8.62. The highest BCUT2D eigenvalue weighted by molar-refractivity contribution is 14.1. The van der Waals surface area contributed by atoms with Crippen molar-refractivity contribution in [2.24, 2.45) is 5.92 Å². The number of hydrogen-bond acceptors (Lipinski definition) is 3. The first-order chi connectivity index (χ1) is 10.1. The molecule has 0 spiro atoms. The minimum Gasteiger partial charge on any atom is -0.507 e. The number of carbonyl (C=O) groups excluding carboxylic acids is 1. The largest absolute Gasteiger partial charge is 0.507 e. The summed E-state index contributed by atoms with van der Waals surface area (Å²) in [6.07, 6.45) is 3.46. The van der Waals surface area contributed by atoms with Crippen molar-refractivity contribution in [1.82, 2.24) is 9.80 Å². The number of fused-ring (bicyclic) bond motifs is 1. The van der Waals surface area contributed by atoms with Crippen LogP contribution in [-0.4, -0.2) is 53.5 Å². The number of amides is 1. The zero-order chi connectivity index (χ0) is 15.0. The highest BCUT2D eigenvalue weighted by Gasteiger charge is 2.36. The molecule has 2 heterocycles. The minimum absolute atomic E-state index is 0.0299. The van der Waals surface area contributed by atoms with Crippen LogP contribution < -0.4 is 0 Å². The fourth-order valence-electron chi connectivity index (χ4n) is 3.69. The Balaban J connectivity index is 1.76. The number of nitrogens with zero attached hydrogens (tertiary/aromatic N) is 2. The van der Waals surface area contributed by atoms with E-state index in [0.717, 1.165) is 23.1 Å². The standard InChI is InChI=1S/C16H21IN2O2/c1-18-7-2-3-11-10-19(8-6-14(11)18)16(21)13-9-12(17)4-5-15(13)20/h4-5,9,11,14,20H,2-3,6-8,10H2,1H3. The highest BCUT2D eigenvalue weighted by atomic mass is 127. The van der Waals surface area contributed by atoms with Gasteiger partial charge in [-0.2, -0.15) is 0 Å². The van der Waals surface area contributed by atoms with E-state index in [1.807, 2.05) is 11.0 Å². The van der Waals surface area contributed by atoms with E-state index in [-0.39, 0.29) is 11.7 Å². The van der Waals surface area contributed by atoms with Crippen LogP contribution in [0, 0.1) is 9.49 Å². The third-order valence-electron chi connectivity index (χ3n) is 4.82. The van der Waals surface area contributed by atoms with Gasteiger partial charge in [0.15, 0.2) is 0 Å². The Bertz CT molecular complexity index is 549. The van der Waals surface area contributed by atoms with Crippen LogP contribution in [-0.2, 0) is 0 Å². The van der Waals surface area contributed by atoms with E-state index in [4.69, 9.17) is 0 Å². The lowest BCUT2D eigenvalue weighted by Gasteiger charge is -2.46. The quantitative estimate of drug-likeness (QED) is 0.738. The second kappa shape index (κ2) is 6.12. The molecule has 1 N–H and O–H groups in total. The van der Waals surface area contributed by atoms with Crippen molar-refractivity contribution in [3.63, 3.8) is 0 Å². The van der Waals surface area contributed by atoms with Gasteiger partial charge >= 0.3 is 0 Å². The van der Waals surface area contributed by atoms with Gasteiger partial charge in [-0.15, -0.1) is 0 Å². The van der Waals surface area contributed by atoms with Crippen LogP contribution in [0.4, 0.5) is 0 Å². The van der Waals surface area contributed by atoms with Crippen LogP contribution in [0.5, 0.6) is 5.75 Å². The lowest BCUT2D eigenvalue weighted by molar-refractivity contribution is 0.0315. The third kappa shape index (κ3) is 3.04. The summed E-state index contributed by atoms with van der Waals surface area (Å²) in [4.78, 5) is 17.0. The Labute approximate surface area is 139 Å².